The highest BCUT2D eigenvalue weighted by Gasteiger charge is 2.08. The summed E-state index contributed by atoms with van der Waals surface area (Å²) in [5, 5.41) is 22.3. The van der Waals surface area contributed by atoms with Crippen LogP contribution in [0.5, 0.6) is 0 Å². The van der Waals surface area contributed by atoms with Gasteiger partial charge >= 0.3 is 6.03 Å². The van der Waals surface area contributed by atoms with Crippen molar-refractivity contribution in [3.8, 4) is 0 Å². The monoisotopic (exact) mass is 264 g/mol. The lowest BCUT2D eigenvalue weighted by Gasteiger charge is -2.07. The molecular formula is C10H20N2O4S. The van der Waals surface area contributed by atoms with E-state index < -0.39 is 18.0 Å². The second-order valence-corrected chi connectivity index (χ2v) is 4.54. The van der Waals surface area contributed by atoms with E-state index in [1.54, 1.807) is 0 Å². The molecule has 0 radical (unpaired) electrons. The van der Waals surface area contributed by atoms with E-state index in [4.69, 9.17) is 10.2 Å². The first-order valence-electron chi connectivity index (χ1n) is 5.54. The molecule has 0 aromatic heterocycles. The number of urea groups is 1. The van der Waals surface area contributed by atoms with E-state index in [2.05, 4.69) is 10.6 Å². The second-order valence-electron chi connectivity index (χ2n) is 3.51. The summed E-state index contributed by atoms with van der Waals surface area (Å²) in [7, 11) is 0. The zero-order valence-electron chi connectivity index (χ0n) is 9.94. The molecular weight excluding hydrogens is 244 g/mol. The molecule has 0 bridgehead atoms. The lowest BCUT2D eigenvalue weighted by Crippen LogP contribution is -2.40. The number of carbonyl (C=O) groups excluding carboxylic acids is 2. The smallest absolute Gasteiger partial charge is 0.321 e. The third-order valence-corrected chi connectivity index (χ3v) is 2.91. The van der Waals surface area contributed by atoms with Crippen molar-refractivity contribution in [3.05, 3.63) is 0 Å². The molecule has 0 fully saturated rings. The minimum absolute atomic E-state index is 0.0816. The number of aliphatic hydroxyl groups is 2. The Kier molecular flexibility index (Phi) is 9.89. The molecule has 1 atom stereocenters. The van der Waals surface area contributed by atoms with Crippen molar-refractivity contribution >= 4 is 23.7 Å². The average Bonchev–Trinajstić information content (AvgIpc) is 2.29. The predicted octanol–water partition coefficient (Wildman–Crippen LogP) is -0.301. The number of carbonyl (C=O) groups is 2. The van der Waals surface area contributed by atoms with Gasteiger partial charge in [-0.3, -0.25) is 10.1 Å². The molecule has 0 aliphatic rings. The fraction of sp³-hybridized carbons (Fsp3) is 0.800. The van der Waals surface area contributed by atoms with E-state index in [1.165, 1.54) is 0 Å². The van der Waals surface area contributed by atoms with Crippen LogP contribution in [0.25, 0.3) is 0 Å². The van der Waals surface area contributed by atoms with Gasteiger partial charge in [-0.25, -0.2) is 4.79 Å². The fourth-order valence-corrected chi connectivity index (χ4v) is 1.68. The molecule has 0 saturated heterocycles. The Hall–Kier alpha value is -0.790. The van der Waals surface area contributed by atoms with Crippen molar-refractivity contribution in [1.82, 2.24) is 10.6 Å². The van der Waals surface area contributed by atoms with Crippen molar-refractivity contribution in [2.75, 3.05) is 24.7 Å². The number of imide groups is 1. The standard InChI is InChI=1S/C10H20N2O4S/c1-2-3-4-11-10(16)12-9(15)7-17-6-8(14)5-13/h8,13-14H,2-7H2,1H3,(H2,11,12,15,16). The van der Waals surface area contributed by atoms with E-state index in [-0.39, 0.29) is 18.1 Å². The lowest BCUT2D eigenvalue weighted by molar-refractivity contribution is -0.117. The van der Waals surface area contributed by atoms with Crippen LogP contribution in [0.3, 0.4) is 0 Å². The largest absolute Gasteiger partial charge is 0.394 e. The number of aliphatic hydroxyl groups excluding tert-OH is 2. The normalized spacial score (nSPS) is 11.9. The highest BCUT2D eigenvalue weighted by Crippen LogP contribution is 2.01. The van der Waals surface area contributed by atoms with Gasteiger partial charge in [0.2, 0.25) is 5.91 Å². The summed E-state index contributed by atoms with van der Waals surface area (Å²) in [6.45, 7) is 2.23. The molecule has 0 aromatic carbocycles. The molecule has 0 spiro atoms. The van der Waals surface area contributed by atoms with Gasteiger partial charge in [0.25, 0.3) is 0 Å². The van der Waals surface area contributed by atoms with Crippen LogP contribution >= 0.6 is 11.8 Å². The maximum atomic E-state index is 11.2. The number of nitrogens with one attached hydrogen (secondary N) is 2. The van der Waals surface area contributed by atoms with Gasteiger partial charge in [0.05, 0.1) is 18.5 Å². The second kappa shape index (κ2) is 10.4. The Labute approximate surface area is 105 Å². The maximum absolute atomic E-state index is 11.2. The molecule has 0 aromatic rings. The number of hydrogen-bond acceptors (Lipinski definition) is 5. The average molecular weight is 264 g/mol. The first-order valence-corrected chi connectivity index (χ1v) is 6.70. The Morgan fingerprint density at radius 2 is 2.12 bits per heavy atom. The van der Waals surface area contributed by atoms with E-state index in [0.29, 0.717) is 6.54 Å². The van der Waals surface area contributed by atoms with E-state index in [0.717, 1.165) is 24.6 Å². The summed E-state index contributed by atoms with van der Waals surface area (Å²) < 4.78 is 0. The SMILES string of the molecule is CCCCNC(=O)NC(=O)CSCC(O)CO. The minimum Gasteiger partial charge on any atom is -0.394 e. The van der Waals surface area contributed by atoms with Crippen LogP contribution in [-0.2, 0) is 4.79 Å². The van der Waals surface area contributed by atoms with Gasteiger partial charge in [-0.1, -0.05) is 13.3 Å². The number of amides is 3. The zero-order chi connectivity index (χ0) is 13.1. The molecule has 100 valence electrons. The van der Waals surface area contributed by atoms with Crippen LogP contribution in [0.15, 0.2) is 0 Å². The first kappa shape index (κ1) is 16.2. The summed E-state index contributed by atoms with van der Waals surface area (Å²) in [6.07, 6.45) is 1.02. The molecule has 4 N–H and O–H groups in total. The predicted molar refractivity (Wildman–Crippen MR) is 66.9 cm³/mol. The van der Waals surface area contributed by atoms with Crippen LogP contribution in [-0.4, -0.2) is 52.9 Å². The summed E-state index contributed by atoms with van der Waals surface area (Å²) >= 11 is 1.16. The Morgan fingerprint density at radius 3 is 2.71 bits per heavy atom. The van der Waals surface area contributed by atoms with E-state index >= 15 is 0 Å². The van der Waals surface area contributed by atoms with Gasteiger partial charge in [0.15, 0.2) is 0 Å². The summed E-state index contributed by atoms with van der Waals surface area (Å²) in [4.78, 5) is 22.4. The number of unbranched alkanes of at least 4 members (excludes halogenated alkanes) is 1. The molecule has 7 heteroatoms. The summed E-state index contributed by atoms with van der Waals surface area (Å²) in [6, 6.07) is -0.494. The van der Waals surface area contributed by atoms with Crippen molar-refractivity contribution in [2.45, 2.75) is 25.9 Å². The number of rotatable bonds is 8. The number of hydrogen-bond donors (Lipinski definition) is 4. The van der Waals surface area contributed by atoms with Gasteiger partial charge in [-0.2, -0.15) is 0 Å². The van der Waals surface area contributed by atoms with Gasteiger partial charge in [-0.15, -0.1) is 11.8 Å². The van der Waals surface area contributed by atoms with Crippen molar-refractivity contribution in [1.29, 1.82) is 0 Å². The quantitative estimate of drug-likeness (QED) is 0.451. The summed E-state index contributed by atoms with van der Waals surface area (Å²) in [5.74, 6) is -0.0613. The topological polar surface area (TPSA) is 98.7 Å². The zero-order valence-corrected chi connectivity index (χ0v) is 10.8. The van der Waals surface area contributed by atoms with Crippen molar-refractivity contribution in [3.63, 3.8) is 0 Å². The van der Waals surface area contributed by atoms with E-state index in [1.807, 2.05) is 6.92 Å². The number of thioether (sulfide) groups is 1. The van der Waals surface area contributed by atoms with E-state index in [9.17, 15) is 9.59 Å². The maximum Gasteiger partial charge on any atom is 0.321 e. The van der Waals surface area contributed by atoms with Gasteiger partial charge in [-0.05, 0) is 6.42 Å². The Morgan fingerprint density at radius 1 is 1.41 bits per heavy atom. The molecule has 17 heavy (non-hydrogen) atoms. The van der Waals surface area contributed by atoms with Crippen LogP contribution < -0.4 is 10.6 Å². The highest BCUT2D eigenvalue weighted by molar-refractivity contribution is 7.99. The van der Waals surface area contributed by atoms with Crippen LogP contribution in [0.1, 0.15) is 19.8 Å². The molecule has 0 aliphatic carbocycles. The van der Waals surface area contributed by atoms with Crippen molar-refractivity contribution in [2.24, 2.45) is 0 Å². The molecule has 3 amide bonds. The summed E-state index contributed by atoms with van der Waals surface area (Å²) in [5.41, 5.74) is 0. The first-order chi connectivity index (χ1) is 8.10. The Balaban J connectivity index is 3.54. The molecule has 6 nitrogen and oxygen atoms in total. The van der Waals surface area contributed by atoms with Gasteiger partial charge in [0, 0.05) is 12.3 Å². The van der Waals surface area contributed by atoms with Crippen LogP contribution in [0, 0.1) is 0 Å². The van der Waals surface area contributed by atoms with Gasteiger partial charge < -0.3 is 15.5 Å². The molecule has 0 rings (SSSR count). The third kappa shape index (κ3) is 10.1. The Bertz CT molecular complexity index is 238. The van der Waals surface area contributed by atoms with Crippen LogP contribution in [0.2, 0.25) is 0 Å². The molecule has 0 heterocycles. The minimum atomic E-state index is -0.828. The highest BCUT2D eigenvalue weighted by atomic mass is 32.2. The molecule has 0 aliphatic heterocycles. The molecule has 1 unspecified atom stereocenters. The third-order valence-electron chi connectivity index (χ3n) is 1.82. The van der Waals surface area contributed by atoms with Crippen molar-refractivity contribution < 1.29 is 19.8 Å². The van der Waals surface area contributed by atoms with Gasteiger partial charge in [0.1, 0.15) is 0 Å². The molecule has 0 saturated carbocycles. The fourth-order valence-electron chi connectivity index (χ4n) is 0.926. The lowest BCUT2D eigenvalue weighted by atomic mass is 10.3. The van der Waals surface area contributed by atoms with Crippen LogP contribution in [0.4, 0.5) is 4.79 Å².